The highest BCUT2D eigenvalue weighted by molar-refractivity contribution is 9.10. The Kier molecular flexibility index (Phi) is 3.27. The average molecular weight is 306 g/mol. The van der Waals surface area contributed by atoms with Crippen molar-refractivity contribution < 1.29 is 0 Å². The Bertz CT molecular complexity index is 494. The van der Waals surface area contributed by atoms with Crippen LogP contribution in [0.25, 0.3) is 0 Å². The highest BCUT2D eigenvalue weighted by Crippen LogP contribution is 2.30. The molecule has 1 N–H and O–H groups in total. The van der Waals surface area contributed by atoms with Crippen LogP contribution in [0.2, 0.25) is 0 Å². The lowest BCUT2D eigenvalue weighted by Gasteiger charge is -2.22. The summed E-state index contributed by atoms with van der Waals surface area (Å²) < 4.78 is 0.963. The van der Waals surface area contributed by atoms with Gasteiger partial charge in [-0.15, -0.1) is 0 Å². The number of rotatable bonds is 2. The molecule has 2 saturated heterocycles. The maximum Gasteiger partial charge on any atom is 0.0992 e. The summed E-state index contributed by atoms with van der Waals surface area (Å²) in [5.74, 6) is 0. The van der Waals surface area contributed by atoms with Crippen LogP contribution in [-0.2, 0) is 0 Å². The summed E-state index contributed by atoms with van der Waals surface area (Å²) in [6, 6.07) is 9.26. The smallest absolute Gasteiger partial charge is 0.0992 e. The van der Waals surface area contributed by atoms with Crippen LogP contribution >= 0.6 is 15.9 Å². The van der Waals surface area contributed by atoms with Crippen LogP contribution in [0, 0.1) is 11.3 Å². The van der Waals surface area contributed by atoms with E-state index in [1.807, 2.05) is 12.1 Å². The molecule has 1 aromatic carbocycles. The number of halogens is 1. The predicted molar refractivity (Wildman–Crippen MR) is 75.5 cm³/mol. The number of hydrogen-bond donors (Lipinski definition) is 1. The van der Waals surface area contributed by atoms with E-state index >= 15 is 0 Å². The summed E-state index contributed by atoms with van der Waals surface area (Å²) in [7, 11) is 0. The molecule has 2 aliphatic rings. The Morgan fingerprint density at radius 2 is 2.17 bits per heavy atom. The van der Waals surface area contributed by atoms with E-state index in [1.54, 1.807) is 0 Å². The SMILES string of the molecule is N#Cc1cc(Br)cc(NC2CCN3CCCC23)c1. The van der Waals surface area contributed by atoms with Gasteiger partial charge in [-0.05, 0) is 44.0 Å². The van der Waals surface area contributed by atoms with Gasteiger partial charge < -0.3 is 5.32 Å². The van der Waals surface area contributed by atoms with E-state index in [1.165, 1.54) is 32.4 Å². The zero-order valence-corrected chi connectivity index (χ0v) is 11.8. The zero-order valence-electron chi connectivity index (χ0n) is 10.2. The molecule has 18 heavy (non-hydrogen) atoms. The zero-order chi connectivity index (χ0) is 12.5. The number of nitriles is 1. The van der Waals surface area contributed by atoms with Crippen LogP contribution in [-0.4, -0.2) is 30.1 Å². The van der Waals surface area contributed by atoms with Crippen LogP contribution in [0.1, 0.15) is 24.8 Å². The Morgan fingerprint density at radius 3 is 3.00 bits per heavy atom. The minimum atomic E-state index is 0.536. The van der Waals surface area contributed by atoms with Gasteiger partial charge in [-0.25, -0.2) is 0 Å². The van der Waals surface area contributed by atoms with Gasteiger partial charge in [0.2, 0.25) is 0 Å². The number of nitrogens with zero attached hydrogens (tertiary/aromatic N) is 2. The summed E-state index contributed by atoms with van der Waals surface area (Å²) in [4.78, 5) is 2.58. The normalized spacial score (nSPS) is 26.9. The maximum atomic E-state index is 8.99. The quantitative estimate of drug-likeness (QED) is 0.913. The molecular formula is C14H16BrN3. The van der Waals surface area contributed by atoms with Crippen LogP contribution in [0.4, 0.5) is 5.69 Å². The van der Waals surface area contributed by atoms with Gasteiger partial charge in [0.25, 0.3) is 0 Å². The van der Waals surface area contributed by atoms with Crippen molar-refractivity contribution in [2.24, 2.45) is 0 Å². The third kappa shape index (κ3) is 2.25. The number of anilines is 1. The van der Waals surface area contributed by atoms with Crippen LogP contribution in [0.3, 0.4) is 0 Å². The fraction of sp³-hybridized carbons (Fsp3) is 0.500. The molecule has 0 radical (unpaired) electrons. The first-order chi connectivity index (χ1) is 8.76. The van der Waals surface area contributed by atoms with Crippen molar-refractivity contribution in [1.82, 2.24) is 4.90 Å². The van der Waals surface area contributed by atoms with Gasteiger partial charge >= 0.3 is 0 Å². The molecule has 0 amide bonds. The molecule has 2 heterocycles. The molecule has 0 aromatic heterocycles. The number of hydrogen-bond acceptors (Lipinski definition) is 3. The lowest BCUT2D eigenvalue weighted by atomic mass is 10.1. The Balaban J connectivity index is 1.77. The minimum absolute atomic E-state index is 0.536. The monoisotopic (exact) mass is 305 g/mol. The van der Waals surface area contributed by atoms with Gasteiger partial charge in [-0.2, -0.15) is 5.26 Å². The topological polar surface area (TPSA) is 39.1 Å². The number of fused-ring (bicyclic) bond motifs is 1. The predicted octanol–water partition coefficient (Wildman–Crippen LogP) is 2.97. The van der Waals surface area contributed by atoms with E-state index in [0.717, 1.165) is 10.2 Å². The lowest BCUT2D eigenvalue weighted by molar-refractivity contribution is 0.318. The van der Waals surface area contributed by atoms with Crippen molar-refractivity contribution in [3.63, 3.8) is 0 Å². The van der Waals surface area contributed by atoms with E-state index in [-0.39, 0.29) is 0 Å². The first-order valence-corrected chi connectivity index (χ1v) is 7.27. The molecule has 2 unspecified atom stereocenters. The molecule has 2 atom stereocenters. The second-order valence-corrected chi connectivity index (χ2v) is 6.04. The summed E-state index contributed by atoms with van der Waals surface area (Å²) in [6.45, 7) is 2.46. The van der Waals surface area contributed by atoms with Crippen LogP contribution in [0.5, 0.6) is 0 Å². The van der Waals surface area contributed by atoms with Gasteiger partial charge in [0, 0.05) is 28.8 Å². The summed E-state index contributed by atoms with van der Waals surface area (Å²) >= 11 is 3.46. The molecule has 3 rings (SSSR count). The molecule has 2 aliphatic heterocycles. The van der Waals surface area contributed by atoms with Crippen molar-refractivity contribution in [3.8, 4) is 6.07 Å². The molecule has 1 aromatic rings. The van der Waals surface area contributed by atoms with Gasteiger partial charge in [0.05, 0.1) is 11.6 Å². The van der Waals surface area contributed by atoms with Crippen LogP contribution in [0.15, 0.2) is 22.7 Å². The fourth-order valence-electron chi connectivity index (χ4n) is 3.20. The molecule has 0 aliphatic carbocycles. The van der Waals surface area contributed by atoms with Crippen molar-refractivity contribution in [2.75, 3.05) is 18.4 Å². The molecule has 0 saturated carbocycles. The highest BCUT2D eigenvalue weighted by atomic mass is 79.9. The van der Waals surface area contributed by atoms with E-state index in [2.05, 4.69) is 38.3 Å². The first kappa shape index (κ1) is 12.0. The summed E-state index contributed by atoms with van der Waals surface area (Å²) in [5, 5.41) is 12.6. The van der Waals surface area contributed by atoms with E-state index in [9.17, 15) is 0 Å². The summed E-state index contributed by atoms with van der Waals surface area (Å²) in [5.41, 5.74) is 1.76. The first-order valence-electron chi connectivity index (χ1n) is 6.47. The second kappa shape index (κ2) is 4.91. The van der Waals surface area contributed by atoms with Crippen molar-refractivity contribution >= 4 is 21.6 Å². The van der Waals surface area contributed by atoms with Crippen molar-refractivity contribution in [3.05, 3.63) is 28.2 Å². The third-order valence-electron chi connectivity index (χ3n) is 3.98. The van der Waals surface area contributed by atoms with Gasteiger partial charge in [-0.1, -0.05) is 15.9 Å². The van der Waals surface area contributed by atoms with E-state index in [4.69, 9.17) is 5.26 Å². The third-order valence-corrected chi connectivity index (χ3v) is 4.44. The second-order valence-electron chi connectivity index (χ2n) is 5.13. The molecular weight excluding hydrogens is 290 g/mol. The molecule has 94 valence electrons. The molecule has 0 spiro atoms. The molecule has 3 nitrogen and oxygen atoms in total. The Hall–Kier alpha value is -1.05. The van der Waals surface area contributed by atoms with E-state index < -0.39 is 0 Å². The average Bonchev–Trinajstić information content (AvgIpc) is 2.93. The van der Waals surface area contributed by atoms with E-state index in [0.29, 0.717) is 17.6 Å². The van der Waals surface area contributed by atoms with Crippen molar-refractivity contribution in [2.45, 2.75) is 31.3 Å². The number of benzene rings is 1. The Morgan fingerprint density at radius 1 is 1.28 bits per heavy atom. The molecule has 2 fully saturated rings. The van der Waals surface area contributed by atoms with Gasteiger partial charge in [0.15, 0.2) is 0 Å². The van der Waals surface area contributed by atoms with Crippen molar-refractivity contribution in [1.29, 1.82) is 5.26 Å². The van der Waals surface area contributed by atoms with Crippen LogP contribution < -0.4 is 5.32 Å². The number of nitrogens with one attached hydrogen (secondary N) is 1. The maximum absolute atomic E-state index is 8.99. The van der Waals surface area contributed by atoms with Gasteiger partial charge in [-0.3, -0.25) is 4.90 Å². The van der Waals surface area contributed by atoms with Gasteiger partial charge in [0.1, 0.15) is 0 Å². The largest absolute Gasteiger partial charge is 0.381 e. The molecule has 4 heteroatoms. The highest BCUT2D eigenvalue weighted by Gasteiger charge is 2.36. The Labute approximate surface area is 116 Å². The summed E-state index contributed by atoms with van der Waals surface area (Å²) in [6.07, 6.45) is 3.83. The minimum Gasteiger partial charge on any atom is -0.381 e. The fourth-order valence-corrected chi connectivity index (χ4v) is 3.70. The molecule has 0 bridgehead atoms. The standard InChI is InChI=1S/C14H16BrN3/c15-11-6-10(9-16)7-12(8-11)17-13-3-5-18-4-1-2-14(13)18/h6-8,13-14,17H,1-5H2. The lowest BCUT2D eigenvalue weighted by Crippen LogP contribution is -2.33.